The average molecular weight is 305 g/mol. The Kier molecular flexibility index (Phi) is 4.43. The molecule has 2 rings (SSSR count). The van der Waals surface area contributed by atoms with E-state index in [2.05, 4.69) is 23.7 Å². The van der Waals surface area contributed by atoms with Crippen LogP contribution in [0, 0.1) is 20.8 Å². The van der Waals surface area contributed by atoms with E-state index >= 15 is 0 Å². The minimum Gasteiger partial charge on any atom is -0.346 e. The number of halogens is 1. The molecule has 4 heteroatoms. The van der Waals surface area contributed by atoms with E-state index in [-0.39, 0.29) is 5.91 Å². The molecule has 1 heterocycles. The minimum absolute atomic E-state index is 0.0829. The molecule has 1 aromatic heterocycles. The van der Waals surface area contributed by atoms with Gasteiger partial charge in [0.15, 0.2) is 0 Å². The topological polar surface area (TPSA) is 34.0 Å². The first kappa shape index (κ1) is 15.6. The van der Waals surface area contributed by atoms with Gasteiger partial charge in [-0.15, -0.1) is 0 Å². The number of nitrogens with one attached hydrogen (secondary N) is 1. The Labute approximate surface area is 130 Å². The van der Waals surface area contributed by atoms with Crippen molar-refractivity contribution in [2.24, 2.45) is 0 Å². The minimum atomic E-state index is -0.0829. The van der Waals surface area contributed by atoms with Gasteiger partial charge in [0.05, 0.1) is 5.56 Å². The zero-order chi connectivity index (χ0) is 15.7. The number of hydrogen-bond donors (Lipinski definition) is 1. The van der Waals surface area contributed by atoms with Gasteiger partial charge in [-0.25, -0.2) is 0 Å². The zero-order valence-electron chi connectivity index (χ0n) is 13.1. The number of carbonyl (C=O) groups excluding carboxylic acids is 1. The van der Waals surface area contributed by atoms with Crippen LogP contribution < -0.4 is 5.32 Å². The average Bonchev–Trinajstić information content (AvgIpc) is 2.68. The highest BCUT2D eigenvalue weighted by Crippen LogP contribution is 2.23. The maximum Gasteiger partial charge on any atom is 0.257 e. The normalized spacial score (nSPS) is 11.0. The molecule has 2 aromatic rings. The molecule has 112 valence electrons. The zero-order valence-corrected chi connectivity index (χ0v) is 13.9. The number of rotatable bonds is 3. The largest absolute Gasteiger partial charge is 0.346 e. The monoisotopic (exact) mass is 304 g/mol. The standard InChI is InChI=1S/C17H21ClN2O/c1-10(2)20-12(4)9-15(13(20)5)17(21)19-16-7-6-14(18)8-11(16)3/h6-10H,1-5H3,(H,19,21). The van der Waals surface area contributed by atoms with Crippen LogP contribution in [0.2, 0.25) is 5.02 Å². The summed E-state index contributed by atoms with van der Waals surface area (Å²) in [6, 6.07) is 7.73. The van der Waals surface area contributed by atoms with E-state index in [0.29, 0.717) is 11.1 Å². The lowest BCUT2D eigenvalue weighted by Crippen LogP contribution is -2.14. The first-order chi connectivity index (χ1) is 9.81. The van der Waals surface area contributed by atoms with E-state index in [9.17, 15) is 4.79 Å². The Hall–Kier alpha value is -1.74. The molecule has 0 spiro atoms. The Morgan fingerprint density at radius 2 is 1.86 bits per heavy atom. The number of hydrogen-bond acceptors (Lipinski definition) is 1. The van der Waals surface area contributed by atoms with E-state index in [1.54, 1.807) is 6.07 Å². The fraction of sp³-hybridized carbons (Fsp3) is 0.353. The molecule has 0 saturated carbocycles. The number of nitrogens with zero attached hydrogens (tertiary/aromatic N) is 1. The van der Waals surface area contributed by atoms with Gasteiger partial charge < -0.3 is 9.88 Å². The SMILES string of the molecule is Cc1cc(Cl)ccc1NC(=O)c1cc(C)n(C(C)C)c1C. The van der Waals surface area contributed by atoms with E-state index < -0.39 is 0 Å². The first-order valence-electron chi connectivity index (χ1n) is 7.07. The summed E-state index contributed by atoms with van der Waals surface area (Å²) in [6.45, 7) is 10.2. The van der Waals surface area contributed by atoms with Crippen LogP contribution in [0.25, 0.3) is 0 Å². The second-order valence-corrected chi connectivity index (χ2v) is 6.10. The number of anilines is 1. The van der Waals surface area contributed by atoms with Crippen LogP contribution in [-0.2, 0) is 0 Å². The summed E-state index contributed by atoms with van der Waals surface area (Å²) < 4.78 is 2.17. The van der Waals surface area contributed by atoms with Crippen LogP contribution in [-0.4, -0.2) is 10.5 Å². The van der Waals surface area contributed by atoms with Gasteiger partial charge in [-0.1, -0.05) is 11.6 Å². The number of aryl methyl sites for hydroxylation is 2. The van der Waals surface area contributed by atoms with Crippen molar-refractivity contribution in [3.05, 3.63) is 51.8 Å². The second kappa shape index (κ2) is 5.94. The molecule has 1 N–H and O–H groups in total. The van der Waals surface area contributed by atoms with E-state index in [0.717, 1.165) is 28.2 Å². The highest BCUT2D eigenvalue weighted by atomic mass is 35.5. The molecule has 1 aromatic carbocycles. The molecule has 3 nitrogen and oxygen atoms in total. The predicted molar refractivity (Wildman–Crippen MR) is 88.4 cm³/mol. The lowest BCUT2D eigenvalue weighted by molar-refractivity contribution is 0.102. The molecule has 0 aliphatic rings. The molecule has 0 unspecified atom stereocenters. The van der Waals surface area contributed by atoms with Gasteiger partial charge in [0, 0.05) is 28.1 Å². The Morgan fingerprint density at radius 1 is 1.19 bits per heavy atom. The number of carbonyl (C=O) groups is 1. The lowest BCUT2D eigenvalue weighted by atomic mass is 10.1. The second-order valence-electron chi connectivity index (χ2n) is 5.66. The number of aromatic nitrogens is 1. The Morgan fingerprint density at radius 3 is 2.38 bits per heavy atom. The summed E-state index contributed by atoms with van der Waals surface area (Å²) in [5, 5.41) is 3.63. The van der Waals surface area contributed by atoms with Crippen LogP contribution in [0.15, 0.2) is 24.3 Å². The predicted octanol–water partition coefficient (Wildman–Crippen LogP) is 4.90. The van der Waals surface area contributed by atoms with Gasteiger partial charge in [0.1, 0.15) is 0 Å². The van der Waals surface area contributed by atoms with Gasteiger partial charge >= 0.3 is 0 Å². The molecule has 0 aliphatic carbocycles. The van der Waals surface area contributed by atoms with Crippen molar-refractivity contribution in [1.82, 2.24) is 4.57 Å². The molecule has 1 amide bonds. The van der Waals surface area contributed by atoms with Gasteiger partial charge in [0.25, 0.3) is 5.91 Å². The van der Waals surface area contributed by atoms with Crippen molar-refractivity contribution < 1.29 is 4.79 Å². The molecule has 0 aliphatic heterocycles. The third-order valence-corrected chi connectivity index (χ3v) is 3.92. The Balaban J connectivity index is 2.31. The van der Waals surface area contributed by atoms with Crippen LogP contribution in [0.3, 0.4) is 0 Å². The summed E-state index contributed by atoms with van der Waals surface area (Å²) in [4.78, 5) is 12.5. The van der Waals surface area contributed by atoms with Crippen molar-refractivity contribution in [3.8, 4) is 0 Å². The fourth-order valence-corrected chi connectivity index (χ4v) is 2.99. The smallest absolute Gasteiger partial charge is 0.257 e. The molecule has 21 heavy (non-hydrogen) atoms. The third kappa shape index (κ3) is 3.13. The van der Waals surface area contributed by atoms with Crippen LogP contribution in [0.5, 0.6) is 0 Å². The molecule has 0 saturated heterocycles. The highest BCUT2D eigenvalue weighted by molar-refractivity contribution is 6.30. The molecular formula is C17H21ClN2O. The van der Waals surface area contributed by atoms with Gasteiger partial charge in [-0.05, 0) is 64.4 Å². The third-order valence-electron chi connectivity index (χ3n) is 3.68. The Bertz CT molecular complexity index is 686. The van der Waals surface area contributed by atoms with Crippen LogP contribution in [0.1, 0.15) is 47.2 Å². The van der Waals surface area contributed by atoms with Gasteiger partial charge in [-0.2, -0.15) is 0 Å². The summed E-state index contributed by atoms with van der Waals surface area (Å²) in [6.07, 6.45) is 0. The summed E-state index contributed by atoms with van der Waals surface area (Å²) in [5.41, 5.74) is 4.55. The lowest BCUT2D eigenvalue weighted by Gasteiger charge is -2.14. The first-order valence-corrected chi connectivity index (χ1v) is 7.45. The molecule has 0 atom stereocenters. The van der Waals surface area contributed by atoms with Gasteiger partial charge in [0.2, 0.25) is 0 Å². The molecule has 0 fully saturated rings. The van der Waals surface area contributed by atoms with Crippen molar-refractivity contribution in [2.45, 2.75) is 40.7 Å². The fourth-order valence-electron chi connectivity index (χ4n) is 2.76. The van der Waals surface area contributed by atoms with E-state index in [1.165, 1.54) is 0 Å². The van der Waals surface area contributed by atoms with Crippen LogP contribution >= 0.6 is 11.6 Å². The summed E-state index contributed by atoms with van der Waals surface area (Å²) in [5.74, 6) is -0.0829. The molecule has 0 radical (unpaired) electrons. The molecular weight excluding hydrogens is 284 g/mol. The van der Waals surface area contributed by atoms with Gasteiger partial charge in [-0.3, -0.25) is 4.79 Å². The van der Waals surface area contributed by atoms with E-state index in [4.69, 9.17) is 11.6 Å². The number of amides is 1. The maximum atomic E-state index is 12.5. The highest BCUT2D eigenvalue weighted by Gasteiger charge is 2.17. The van der Waals surface area contributed by atoms with E-state index in [1.807, 2.05) is 39.0 Å². The van der Waals surface area contributed by atoms with Crippen molar-refractivity contribution in [1.29, 1.82) is 0 Å². The summed E-state index contributed by atoms with van der Waals surface area (Å²) in [7, 11) is 0. The van der Waals surface area contributed by atoms with Crippen LogP contribution in [0.4, 0.5) is 5.69 Å². The van der Waals surface area contributed by atoms with Crippen molar-refractivity contribution in [3.63, 3.8) is 0 Å². The maximum absolute atomic E-state index is 12.5. The molecule has 0 bridgehead atoms. The number of benzene rings is 1. The van der Waals surface area contributed by atoms with Crippen molar-refractivity contribution in [2.75, 3.05) is 5.32 Å². The summed E-state index contributed by atoms with van der Waals surface area (Å²) >= 11 is 5.94. The van der Waals surface area contributed by atoms with Crippen molar-refractivity contribution >= 4 is 23.2 Å². The quantitative estimate of drug-likeness (QED) is 0.859.